The van der Waals surface area contributed by atoms with Crippen LogP contribution in [0.15, 0.2) is 58.1 Å². The van der Waals surface area contributed by atoms with Crippen LogP contribution >= 0.6 is 15.9 Å². The lowest BCUT2D eigenvalue weighted by Crippen LogP contribution is -2.17. The number of hydrazone groups is 1. The highest BCUT2D eigenvalue weighted by Crippen LogP contribution is 2.15. The fraction of sp³-hybridized carbons (Fsp3) is 0.125. The molecule has 0 spiro atoms. The summed E-state index contributed by atoms with van der Waals surface area (Å²) in [5, 5.41) is 3.97. The van der Waals surface area contributed by atoms with Crippen LogP contribution in [-0.2, 0) is 0 Å². The third kappa shape index (κ3) is 4.43. The van der Waals surface area contributed by atoms with Crippen LogP contribution in [0.5, 0.6) is 5.75 Å². The number of nitrogens with zero attached hydrogens (tertiary/aromatic N) is 1. The second kappa shape index (κ2) is 7.59. The first-order valence-electron chi connectivity index (χ1n) is 6.51. The van der Waals surface area contributed by atoms with Gasteiger partial charge in [0.2, 0.25) is 0 Å². The van der Waals surface area contributed by atoms with E-state index in [1.54, 1.807) is 24.4 Å². The fourth-order valence-corrected chi connectivity index (χ4v) is 2.13. The van der Waals surface area contributed by atoms with Gasteiger partial charge in [0.1, 0.15) is 5.75 Å². The van der Waals surface area contributed by atoms with Crippen LogP contribution in [0.25, 0.3) is 0 Å². The number of carbonyl (C=O) groups is 1. The van der Waals surface area contributed by atoms with Crippen molar-refractivity contribution >= 4 is 28.1 Å². The van der Waals surface area contributed by atoms with Gasteiger partial charge in [-0.25, -0.2) is 5.43 Å². The maximum Gasteiger partial charge on any atom is 0.271 e. The van der Waals surface area contributed by atoms with Gasteiger partial charge in [-0.2, -0.15) is 5.10 Å². The first-order chi connectivity index (χ1) is 10.2. The summed E-state index contributed by atoms with van der Waals surface area (Å²) in [4.78, 5) is 11.9. The number of halogens is 1. The first kappa shape index (κ1) is 15.3. The standard InChI is InChI=1S/C16H15BrN2O2/c1-2-21-15-9-4-3-6-13(15)11-18-19-16(20)12-7-5-8-14(17)10-12/h3-11H,2H2,1H3,(H,19,20). The summed E-state index contributed by atoms with van der Waals surface area (Å²) >= 11 is 3.33. The second-order valence-electron chi connectivity index (χ2n) is 4.18. The van der Waals surface area contributed by atoms with Crippen molar-refractivity contribution in [2.75, 3.05) is 6.61 Å². The number of para-hydroxylation sites is 1. The van der Waals surface area contributed by atoms with Gasteiger partial charge < -0.3 is 4.74 Å². The molecule has 4 nitrogen and oxygen atoms in total. The number of benzene rings is 2. The fourth-order valence-electron chi connectivity index (χ4n) is 1.73. The third-order valence-corrected chi connectivity index (χ3v) is 3.17. The highest BCUT2D eigenvalue weighted by atomic mass is 79.9. The van der Waals surface area contributed by atoms with E-state index in [0.29, 0.717) is 12.2 Å². The molecular formula is C16H15BrN2O2. The van der Waals surface area contributed by atoms with Gasteiger partial charge in [0.25, 0.3) is 5.91 Å². The molecule has 0 heterocycles. The van der Waals surface area contributed by atoms with E-state index in [4.69, 9.17) is 4.74 Å². The second-order valence-corrected chi connectivity index (χ2v) is 5.10. The largest absolute Gasteiger partial charge is 0.493 e. The van der Waals surface area contributed by atoms with E-state index < -0.39 is 0 Å². The lowest BCUT2D eigenvalue weighted by atomic mass is 10.2. The van der Waals surface area contributed by atoms with E-state index >= 15 is 0 Å². The lowest BCUT2D eigenvalue weighted by molar-refractivity contribution is 0.0955. The Morgan fingerprint density at radius 1 is 1.29 bits per heavy atom. The SMILES string of the molecule is CCOc1ccccc1C=NNC(=O)c1cccc(Br)c1. The van der Waals surface area contributed by atoms with E-state index in [-0.39, 0.29) is 5.91 Å². The van der Waals surface area contributed by atoms with Crippen LogP contribution in [0.3, 0.4) is 0 Å². The van der Waals surface area contributed by atoms with Gasteiger partial charge in [0.05, 0.1) is 12.8 Å². The molecule has 0 saturated heterocycles. The van der Waals surface area contributed by atoms with Crippen LogP contribution in [-0.4, -0.2) is 18.7 Å². The molecule has 1 amide bonds. The predicted octanol–water partition coefficient (Wildman–Crippen LogP) is 3.61. The molecule has 5 heteroatoms. The molecule has 0 aliphatic heterocycles. The molecule has 2 rings (SSSR count). The van der Waals surface area contributed by atoms with Crippen LogP contribution < -0.4 is 10.2 Å². The Balaban J connectivity index is 2.04. The molecule has 0 unspecified atom stereocenters. The Hall–Kier alpha value is -2.14. The number of carbonyl (C=O) groups excluding carboxylic acids is 1. The summed E-state index contributed by atoms with van der Waals surface area (Å²) < 4.78 is 6.33. The number of nitrogens with one attached hydrogen (secondary N) is 1. The Kier molecular flexibility index (Phi) is 5.51. The minimum Gasteiger partial charge on any atom is -0.493 e. The summed E-state index contributed by atoms with van der Waals surface area (Å²) in [7, 11) is 0. The van der Waals surface area contributed by atoms with Gasteiger partial charge in [0.15, 0.2) is 0 Å². The van der Waals surface area contributed by atoms with E-state index in [0.717, 1.165) is 15.8 Å². The average Bonchev–Trinajstić information content (AvgIpc) is 2.49. The average molecular weight is 347 g/mol. The number of ether oxygens (including phenoxy) is 1. The van der Waals surface area contributed by atoms with Crippen molar-refractivity contribution in [3.8, 4) is 5.75 Å². The minimum atomic E-state index is -0.263. The number of hydrogen-bond acceptors (Lipinski definition) is 3. The molecule has 21 heavy (non-hydrogen) atoms. The normalized spacial score (nSPS) is 10.6. The number of rotatable bonds is 5. The van der Waals surface area contributed by atoms with Crippen LogP contribution in [0.2, 0.25) is 0 Å². The van der Waals surface area contributed by atoms with Gasteiger partial charge in [-0.1, -0.05) is 34.1 Å². The van der Waals surface area contributed by atoms with Gasteiger partial charge >= 0.3 is 0 Å². The van der Waals surface area contributed by atoms with Crippen molar-refractivity contribution in [1.29, 1.82) is 0 Å². The topological polar surface area (TPSA) is 50.7 Å². The van der Waals surface area contributed by atoms with Gasteiger partial charge in [0, 0.05) is 15.6 Å². The van der Waals surface area contributed by atoms with Gasteiger partial charge in [-0.3, -0.25) is 4.79 Å². The van der Waals surface area contributed by atoms with Crippen molar-refractivity contribution in [3.05, 3.63) is 64.1 Å². The Bertz CT molecular complexity index is 656. The van der Waals surface area contributed by atoms with Crippen LogP contribution in [0.4, 0.5) is 0 Å². The molecule has 0 aliphatic rings. The summed E-state index contributed by atoms with van der Waals surface area (Å²) in [6.45, 7) is 2.50. The van der Waals surface area contributed by atoms with Crippen molar-refractivity contribution in [1.82, 2.24) is 5.43 Å². The minimum absolute atomic E-state index is 0.263. The highest BCUT2D eigenvalue weighted by Gasteiger charge is 2.04. The van der Waals surface area contributed by atoms with Crippen LogP contribution in [0, 0.1) is 0 Å². The first-order valence-corrected chi connectivity index (χ1v) is 7.31. The summed E-state index contributed by atoms with van der Waals surface area (Å²) in [6.07, 6.45) is 1.57. The summed E-state index contributed by atoms with van der Waals surface area (Å²) in [5.74, 6) is 0.474. The van der Waals surface area contributed by atoms with E-state index in [9.17, 15) is 4.79 Å². The molecular weight excluding hydrogens is 332 g/mol. The van der Waals surface area contributed by atoms with Crippen molar-refractivity contribution in [3.63, 3.8) is 0 Å². The molecule has 0 radical (unpaired) electrons. The molecule has 0 aromatic heterocycles. The number of amides is 1. The molecule has 108 valence electrons. The van der Waals surface area contributed by atoms with Gasteiger partial charge in [-0.05, 0) is 37.3 Å². The maximum absolute atomic E-state index is 11.9. The van der Waals surface area contributed by atoms with E-state index in [1.165, 1.54) is 0 Å². The Morgan fingerprint density at radius 2 is 2.10 bits per heavy atom. The van der Waals surface area contributed by atoms with Crippen molar-refractivity contribution in [2.45, 2.75) is 6.92 Å². The monoisotopic (exact) mass is 346 g/mol. The predicted molar refractivity (Wildman–Crippen MR) is 86.8 cm³/mol. The molecule has 0 aliphatic carbocycles. The zero-order chi connectivity index (χ0) is 15.1. The van der Waals surface area contributed by atoms with Crippen LogP contribution in [0.1, 0.15) is 22.8 Å². The zero-order valence-electron chi connectivity index (χ0n) is 11.5. The zero-order valence-corrected chi connectivity index (χ0v) is 13.1. The molecule has 0 fully saturated rings. The van der Waals surface area contributed by atoms with E-state index in [2.05, 4.69) is 26.5 Å². The maximum atomic E-state index is 11.9. The van der Waals surface area contributed by atoms with Crippen molar-refractivity contribution in [2.24, 2.45) is 5.10 Å². The molecule has 0 atom stereocenters. The molecule has 1 N–H and O–H groups in total. The molecule has 0 bridgehead atoms. The third-order valence-electron chi connectivity index (χ3n) is 2.68. The highest BCUT2D eigenvalue weighted by molar-refractivity contribution is 9.10. The van der Waals surface area contributed by atoms with Gasteiger partial charge in [-0.15, -0.1) is 0 Å². The smallest absolute Gasteiger partial charge is 0.271 e. The number of hydrogen-bond donors (Lipinski definition) is 1. The summed E-state index contributed by atoms with van der Waals surface area (Å²) in [6, 6.07) is 14.6. The lowest BCUT2D eigenvalue weighted by Gasteiger charge is -2.06. The molecule has 2 aromatic rings. The Morgan fingerprint density at radius 3 is 2.86 bits per heavy atom. The van der Waals surface area contributed by atoms with E-state index in [1.807, 2.05) is 37.3 Å². The quantitative estimate of drug-likeness (QED) is 0.664. The summed E-state index contributed by atoms with van der Waals surface area (Å²) in [5.41, 5.74) is 3.85. The molecule has 0 saturated carbocycles. The van der Waals surface area contributed by atoms with Crippen molar-refractivity contribution < 1.29 is 9.53 Å². The molecule has 2 aromatic carbocycles. The Labute approximate surface area is 132 Å².